The van der Waals surface area contributed by atoms with Gasteiger partial charge in [-0.05, 0) is 49.4 Å². The first-order valence-corrected chi connectivity index (χ1v) is 11.3. The molecule has 5 nitrogen and oxygen atoms in total. The number of piperidine rings is 1. The minimum Gasteiger partial charge on any atom is -0.351 e. The maximum absolute atomic E-state index is 13.0. The first-order chi connectivity index (χ1) is 13.4. The van der Waals surface area contributed by atoms with E-state index in [1.807, 2.05) is 44.2 Å². The van der Waals surface area contributed by atoms with Crippen LogP contribution in [-0.2, 0) is 10.0 Å². The average molecular weight is 401 g/mol. The average Bonchev–Trinajstić information content (AvgIpc) is 2.72. The lowest BCUT2D eigenvalue weighted by Crippen LogP contribution is -2.42. The lowest BCUT2D eigenvalue weighted by molar-refractivity contribution is 0.0951. The van der Waals surface area contributed by atoms with Crippen molar-refractivity contribution in [3.8, 4) is 0 Å². The van der Waals surface area contributed by atoms with Crippen molar-refractivity contribution in [2.45, 2.75) is 50.0 Å². The highest BCUT2D eigenvalue weighted by molar-refractivity contribution is 7.89. The summed E-state index contributed by atoms with van der Waals surface area (Å²) in [6.07, 6.45) is 2.80. The standard InChI is InChI=1S/C22H28N2O3S/c1-17(19-10-4-3-5-11-19)16-23-22(25)20-12-8-13-21(15-20)28(26,27)24-14-7-6-9-18(24)2/h3-5,8,10-13,15,17-18H,6-7,9,14,16H2,1-2H3,(H,23,25)/t17-,18-/m1/s1. The van der Waals surface area contributed by atoms with Gasteiger partial charge in [0.1, 0.15) is 0 Å². The third-order valence-corrected chi connectivity index (χ3v) is 7.39. The van der Waals surface area contributed by atoms with Gasteiger partial charge in [0.05, 0.1) is 4.90 Å². The van der Waals surface area contributed by atoms with Crippen molar-refractivity contribution in [2.75, 3.05) is 13.1 Å². The van der Waals surface area contributed by atoms with Crippen molar-refractivity contribution in [1.29, 1.82) is 0 Å². The number of hydrogen-bond donors (Lipinski definition) is 1. The molecule has 6 heteroatoms. The third-order valence-electron chi connectivity index (χ3n) is 5.38. The Bertz CT molecular complexity index is 912. The summed E-state index contributed by atoms with van der Waals surface area (Å²) in [6, 6.07) is 16.3. The van der Waals surface area contributed by atoms with Gasteiger partial charge in [-0.2, -0.15) is 4.31 Å². The lowest BCUT2D eigenvalue weighted by Gasteiger charge is -2.32. The number of nitrogens with zero attached hydrogens (tertiary/aromatic N) is 1. The van der Waals surface area contributed by atoms with E-state index in [4.69, 9.17) is 0 Å². The number of carbonyl (C=O) groups excluding carboxylic acids is 1. The number of hydrogen-bond acceptors (Lipinski definition) is 3. The van der Waals surface area contributed by atoms with Crippen LogP contribution in [0.2, 0.25) is 0 Å². The van der Waals surface area contributed by atoms with Crippen molar-refractivity contribution in [3.05, 3.63) is 65.7 Å². The maximum Gasteiger partial charge on any atom is 0.251 e. The third kappa shape index (κ3) is 4.62. The highest BCUT2D eigenvalue weighted by Gasteiger charge is 2.31. The molecule has 1 aliphatic heterocycles. The molecule has 0 spiro atoms. The van der Waals surface area contributed by atoms with E-state index in [1.54, 1.807) is 22.5 Å². The van der Waals surface area contributed by atoms with Gasteiger partial charge in [-0.25, -0.2) is 8.42 Å². The van der Waals surface area contributed by atoms with Crippen LogP contribution in [-0.4, -0.2) is 37.8 Å². The van der Waals surface area contributed by atoms with Gasteiger partial charge < -0.3 is 5.32 Å². The molecule has 1 saturated heterocycles. The molecule has 1 aliphatic rings. The van der Waals surface area contributed by atoms with Crippen LogP contribution in [0.1, 0.15) is 54.9 Å². The fourth-order valence-electron chi connectivity index (χ4n) is 3.61. The molecule has 2 aromatic rings. The molecule has 28 heavy (non-hydrogen) atoms. The monoisotopic (exact) mass is 400 g/mol. The van der Waals surface area contributed by atoms with Gasteiger partial charge in [0.25, 0.3) is 5.91 Å². The first-order valence-electron chi connectivity index (χ1n) is 9.84. The molecular formula is C22H28N2O3S. The molecule has 0 radical (unpaired) electrons. The predicted octanol–water partition coefficient (Wildman–Crippen LogP) is 3.78. The molecule has 2 aromatic carbocycles. The van der Waals surface area contributed by atoms with E-state index in [1.165, 1.54) is 6.07 Å². The quantitative estimate of drug-likeness (QED) is 0.802. The van der Waals surface area contributed by atoms with Crippen molar-refractivity contribution in [2.24, 2.45) is 0 Å². The molecule has 0 unspecified atom stereocenters. The van der Waals surface area contributed by atoms with E-state index in [0.29, 0.717) is 18.7 Å². The second-order valence-electron chi connectivity index (χ2n) is 7.51. The van der Waals surface area contributed by atoms with Crippen LogP contribution in [0.25, 0.3) is 0 Å². The van der Waals surface area contributed by atoms with Crippen LogP contribution in [0, 0.1) is 0 Å². The number of amides is 1. The second kappa shape index (κ2) is 8.88. The highest BCUT2D eigenvalue weighted by Crippen LogP contribution is 2.25. The normalized spacial score (nSPS) is 19.1. The maximum atomic E-state index is 13.0. The van der Waals surface area contributed by atoms with Crippen molar-refractivity contribution in [1.82, 2.24) is 9.62 Å². The van der Waals surface area contributed by atoms with Crippen LogP contribution in [0.4, 0.5) is 0 Å². The second-order valence-corrected chi connectivity index (χ2v) is 9.40. The van der Waals surface area contributed by atoms with Crippen LogP contribution < -0.4 is 5.32 Å². The molecule has 3 rings (SSSR count). The van der Waals surface area contributed by atoms with Gasteiger partial charge in [0, 0.05) is 24.7 Å². The SMILES string of the molecule is C[C@H](CNC(=O)c1cccc(S(=O)(=O)N2CCCC[C@H]2C)c1)c1ccccc1. The summed E-state index contributed by atoms with van der Waals surface area (Å²) >= 11 is 0. The Kier molecular flexibility index (Phi) is 6.52. The minimum atomic E-state index is -3.59. The van der Waals surface area contributed by atoms with E-state index in [0.717, 1.165) is 24.8 Å². The molecule has 0 saturated carbocycles. The summed E-state index contributed by atoms with van der Waals surface area (Å²) in [5, 5.41) is 2.92. The molecular weight excluding hydrogens is 372 g/mol. The zero-order valence-electron chi connectivity index (χ0n) is 16.5. The summed E-state index contributed by atoms with van der Waals surface area (Å²) in [6.45, 7) is 5.02. The highest BCUT2D eigenvalue weighted by atomic mass is 32.2. The Balaban J connectivity index is 1.71. The van der Waals surface area contributed by atoms with Crippen molar-refractivity contribution in [3.63, 3.8) is 0 Å². The topological polar surface area (TPSA) is 66.5 Å². The largest absolute Gasteiger partial charge is 0.351 e. The predicted molar refractivity (Wildman–Crippen MR) is 111 cm³/mol. The van der Waals surface area contributed by atoms with E-state index in [-0.39, 0.29) is 22.8 Å². The van der Waals surface area contributed by atoms with Crippen LogP contribution in [0.15, 0.2) is 59.5 Å². The number of benzene rings is 2. The smallest absolute Gasteiger partial charge is 0.251 e. The van der Waals surface area contributed by atoms with Gasteiger partial charge in [0.2, 0.25) is 10.0 Å². The van der Waals surface area contributed by atoms with Gasteiger partial charge >= 0.3 is 0 Å². The van der Waals surface area contributed by atoms with E-state index < -0.39 is 10.0 Å². The zero-order chi connectivity index (χ0) is 20.1. The fourth-order valence-corrected chi connectivity index (χ4v) is 5.36. The number of nitrogens with one attached hydrogen (secondary N) is 1. The van der Waals surface area contributed by atoms with Crippen molar-refractivity contribution < 1.29 is 13.2 Å². The Hall–Kier alpha value is -2.18. The summed E-state index contributed by atoms with van der Waals surface area (Å²) in [5.41, 5.74) is 1.52. The van der Waals surface area contributed by atoms with Gasteiger partial charge in [-0.1, -0.05) is 49.7 Å². The Morgan fingerprint density at radius 3 is 2.61 bits per heavy atom. The molecule has 1 heterocycles. The molecule has 2 atom stereocenters. The Morgan fingerprint density at radius 1 is 1.14 bits per heavy atom. The van der Waals surface area contributed by atoms with Gasteiger partial charge in [-0.3, -0.25) is 4.79 Å². The zero-order valence-corrected chi connectivity index (χ0v) is 17.3. The molecule has 1 fully saturated rings. The Morgan fingerprint density at radius 2 is 1.89 bits per heavy atom. The fraction of sp³-hybridized carbons (Fsp3) is 0.409. The number of sulfonamides is 1. The summed E-state index contributed by atoms with van der Waals surface area (Å²) in [4.78, 5) is 12.8. The first kappa shape index (κ1) is 20.6. The van der Waals surface area contributed by atoms with E-state index in [2.05, 4.69) is 5.32 Å². The van der Waals surface area contributed by atoms with Crippen LogP contribution in [0.3, 0.4) is 0 Å². The summed E-state index contributed by atoms with van der Waals surface area (Å²) in [7, 11) is -3.59. The molecule has 0 aliphatic carbocycles. The number of carbonyl (C=O) groups is 1. The van der Waals surface area contributed by atoms with Gasteiger partial charge in [0.15, 0.2) is 0 Å². The molecule has 150 valence electrons. The molecule has 0 bridgehead atoms. The van der Waals surface area contributed by atoms with E-state index >= 15 is 0 Å². The summed E-state index contributed by atoms with van der Waals surface area (Å²) in [5.74, 6) is -0.0854. The molecule has 1 amide bonds. The lowest BCUT2D eigenvalue weighted by atomic mass is 10.0. The number of rotatable bonds is 6. The van der Waals surface area contributed by atoms with Crippen LogP contribution >= 0.6 is 0 Å². The summed E-state index contributed by atoms with van der Waals surface area (Å²) < 4.78 is 27.6. The molecule has 1 N–H and O–H groups in total. The van der Waals surface area contributed by atoms with Gasteiger partial charge in [-0.15, -0.1) is 0 Å². The Labute approximate surface area is 167 Å². The minimum absolute atomic E-state index is 0.0112. The van der Waals surface area contributed by atoms with E-state index in [9.17, 15) is 13.2 Å². The molecule has 0 aromatic heterocycles. The van der Waals surface area contributed by atoms with Crippen LogP contribution in [0.5, 0.6) is 0 Å². The van der Waals surface area contributed by atoms with Crippen molar-refractivity contribution >= 4 is 15.9 Å².